The van der Waals surface area contributed by atoms with Gasteiger partial charge in [0.2, 0.25) is 0 Å². The van der Waals surface area contributed by atoms with Gasteiger partial charge in [-0.15, -0.1) is 0 Å². The van der Waals surface area contributed by atoms with Crippen molar-refractivity contribution in [2.24, 2.45) is 0 Å². The van der Waals surface area contributed by atoms with E-state index in [0.29, 0.717) is 0 Å². The van der Waals surface area contributed by atoms with Crippen LogP contribution in [-0.4, -0.2) is 35.2 Å². The van der Waals surface area contributed by atoms with Gasteiger partial charge in [-0.05, 0) is 36.4 Å². The van der Waals surface area contributed by atoms with E-state index in [2.05, 4.69) is 4.18 Å². The highest BCUT2D eigenvalue weighted by Gasteiger charge is 2.48. The average Bonchev–Trinajstić information content (AvgIpc) is 2.61. The van der Waals surface area contributed by atoms with E-state index in [-0.39, 0.29) is 32.5 Å². The molecule has 0 radical (unpaired) electrons. The summed E-state index contributed by atoms with van der Waals surface area (Å²) in [5.74, 6) is -0.689. The van der Waals surface area contributed by atoms with Crippen LogP contribution in [-0.2, 0) is 20.0 Å². The van der Waals surface area contributed by atoms with Gasteiger partial charge in [0.1, 0.15) is 11.5 Å². The third-order valence-corrected chi connectivity index (χ3v) is 6.67. The second kappa shape index (κ2) is 7.80. The first-order valence-corrected chi connectivity index (χ1v) is 11.0. The molecule has 0 aliphatic rings. The Hall–Kier alpha value is -1.98. The molecule has 0 bridgehead atoms. The first-order chi connectivity index (χ1) is 12.8. The molecule has 0 heterocycles. The Morgan fingerprint density at radius 3 is 2.18 bits per heavy atom. The normalized spacial score (nSPS) is 12.6. The van der Waals surface area contributed by atoms with E-state index in [1.807, 2.05) is 0 Å². The van der Waals surface area contributed by atoms with Crippen molar-refractivity contribution in [3.63, 3.8) is 0 Å². The minimum absolute atomic E-state index is 0.0150. The number of hydrogen-bond donors (Lipinski definition) is 0. The van der Waals surface area contributed by atoms with Gasteiger partial charge in [-0.25, -0.2) is 8.42 Å². The molecule has 2 aromatic carbocycles. The summed E-state index contributed by atoms with van der Waals surface area (Å²) in [4.78, 5) is -0.0150. The van der Waals surface area contributed by atoms with Crippen LogP contribution in [0.3, 0.4) is 0 Å². The zero-order valence-electron chi connectivity index (χ0n) is 14.4. The van der Waals surface area contributed by atoms with Crippen molar-refractivity contribution >= 4 is 31.6 Å². The molecule has 154 valence electrons. The van der Waals surface area contributed by atoms with E-state index in [1.165, 1.54) is 32.2 Å². The molecule has 0 saturated heterocycles. The quantitative estimate of drug-likeness (QED) is 0.479. The number of rotatable bonds is 6. The summed E-state index contributed by atoms with van der Waals surface area (Å²) in [6.07, 6.45) is 0. The Morgan fingerprint density at radius 2 is 1.64 bits per heavy atom. The van der Waals surface area contributed by atoms with E-state index < -0.39 is 31.2 Å². The van der Waals surface area contributed by atoms with Crippen LogP contribution < -0.4 is 8.92 Å². The molecular weight excluding hydrogens is 445 g/mol. The molecular formula is C16H14ClF3O6S2. The highest BCUT2D eigenvalue weighted by Crippen LogP contribution is 2.39. The molecule has 0 aliphatic heterocycles. The Bertz CT molecular complexity index is 1100. The SMILES string of the molecule is CCS(=O)(=O)c1ccc(-c2cc(OS(=O)(=O)C(F)(F)F)ccc2Cl)c(OC)c1. The van der Waals surface area contributed by atoms with Crippen LogP contribution in [0.1, 0.15) is 6.92 Å². The Balaban J connectivity index is 2.57. The average molecular weight is 459 g/mol. The molecule has 0 aliphatic carbocycles. The molecule has 2 aromatic rings. The second-order valence-corrected chi connectivity index (χ2v) is 9.61. The van der Waals surface area contributed by atoms with Gasteiger partial charge in [-0.1, -0.05) is 18.5 Å². The molecule has 0 unspecified atom stereocenters. The van der Waals surface area contributed by atoms with Gasteiger partial charge in [0.05, 0.1) is 17.8 Å². The highest BCUT2D eigenvalue weighted by molar-refractivity contribution is 7.91. The third kappa shape index (κ3) is 4.53. The van der Waals surface area contributed by atoms with Crippen molar-refractivity contribution in [2.75, 3.05) is 12.9 Å². The third-order valence-electron chi connectivity index (χ3n) is 3.63. The van der Waals surface area contributed by atoms with Gasteiger partial charge in [-0.3, -0.25) is 0 Å². The predicted octanol–water partition coefficient (Wildman–Crippen LogP) is 4.04. The maximum Gasteiger partial charge on any atom is 0.534 e. The summed E-state index contributed by atoms with van der Waals surface area (Å²) in [6, 6.07) is 6.96. The molecule has 0 saturated carbocycles. The van der Waals surface area contributed by atoms with E-state index in [1.54, 1.807) is 0 Å². The standard InChI is InChI=1S/C16H14ClF3O6S2/c1-3-27(21,22)11-5-6-12(15(9-11)25-2)13-8-10(4-7-14(13)17)26-28(23,24)16(18,19)20/h4-9H,3H2,1-2H3. The molecule has 2 rings (SSSR count). The lowest BCUT2D eigenvalue weighted by Gasteiger charge is -2.14. The van der Waals surface area contributed by atoms with Crippen LogP contribution in [0.4, 0.5) is 13.2 Å². The maximum atomic E-state index is 12.5. The lowest BCUT2D eigenvalue weighted by atomic mass is 10.0. The smallest absolute Gasteiger partial charge is 0.496 e. The Kier molecular flexibility index (Phi) is 6.22. The summed E-state index contributed by atoms with van der Waals surface area (Å²) in [6.45, 7) is 1.47. The van der Waals surface area contributed by atoms with Crippen LogP contribution in [0.5, 0.6) is 11.5 Å². The number of ether oxygens (including phenoxy) is 1. The van der Waals surface area contributed by atoms with Crippen molar-refractivity contribution in [3.8, 4) is 22.6 Å². The fourth-order valence-electron chi connectivity index (χ4n) is 2.19. The van der Waals surface area contributed by atoms with Gasteiger partial charge >= 0.3 is 15.6 Å². The molecule has 0 N–H and O–H groups in total. The van der Waals surface area contributed by atoms with Gasteiger partial charge in [0, 0.05) is 16.1 Å². The summed E-state index contributed by atoms with van der Waals surface area (Å²) in [7, 11) is -8.12. The minimum atomic E-state index is -5.86. The summed E-state index contributed by atoms with van der Waals surface area (Å²) >= 11 is 6.08. The summed E-state index contributed by atoms with van der Waals surface area (Å²) < 4.78 is 93.2. The van der Waals surface area contributed by atoms with Crippen molar-refractivity contribution in [1.82, 2.24) is 0 Å². The first-order valence-electron chi connectivity index (χ1n) is 7.54. The number of alkyl halides is 3. The topological polar surface area (TPSA) is 86.7 Å². The number of benzene rings is 2. The van der Waals surface area contributed by atoms with E-state index >= 15 is 0 Å². The van der Waals surface area contributed by atoms with Crippen molar-refractivity contribution in [1.29, 1.82) is 0 Å². The summed E-state index contributed by atoms with van der Waals surface area (Å²) in [5.41, 5.74) is -5.27. The minimum Gasteiger partial charge on any atom is -0.496 e. The van der Waals surface area contributed by atoms with E-state index in [9.17, 15) is 30.0 Å². The number of hydrogen-bond acceptors (Lipinski definition) is 6. The van der Waals surface area contributed by atoms with E-state index in [4.69, 9.17) is 16.3 Å². The molecule has 6 nitrogen and oxygen atoms in total. The van der Waals surface area contributed by atoms with Crippen LogP contribution in [0.15, 0.2) is 41.3 Å². The highest BCUT2D eigenvalue weighted by atomic mass is 35.5. The van der Waals surface area contributed by atoms with Gasteiger partial charge in [0.25, 0.3) is 0 Å². The Labute approximate surface area is 164 Å². The van der Waals surface area contributed by atoms with Crippen LogP contribution in [0.25, 0.3) is 11.1 Å². The monoisotopic (exact) mass is 458 g/mol. The predicted molar refractivity (Wildman–Crippen MR) is 96.8 cm³/mol. The molecule has 0 aromatic heterocycles. The van der Waals surface area contributed by atoms with Crippen LogP contribution in [0, 0.1) is 0 Å². The van der Waals surface area contributed by atoms with Gasteiger partial charge < -0.3 is 8.92 Å². The Morgan fingerprint density at radius 1 is 1.00 bits per heavy atom. The summed E-state index contributed by atoms with van der Waals surface area (Å²) in [5, 5.41) is 0.0566. The second-order valence-electron chi connectivity index (χ2n) is 5.39. The number of sulfone groups is 1. The largest absolute Gasteiger partial charge is 0.534 e. The molecule has 28 heavy (non-hydrogen) atoms. The first kappa shape index (κ1) is 22.3. The van der Waals surface area contributed by atoms with Gasteiger partial charge in [0.15, 0.2) is 9.84 Å². The molecule has 0 amide bonds. The van der Waals surface area contributed by atoms with E-state index in [0.717, 1.165) is 18.2 Å². The molecule has 0 spiro atoms. The fourth-order valence-corrected chi connectivity index (χ4v) is 3.76. The molecule has 0 atom stereocenters. The fraction of sp³-hybridized carbons (Fsp3) is 0.250. The van der Waals surface area contributed by atoms with Gasteiger partial charge in [-0.2, -0.15) is 21.6 Å². The maximum absolute atomic E-state index is 12.5. The lowest BCUT2D eigenvalue weighted by molar-refractivity contribution is -0.0500. The molecule has 0 fully saturated rings. The zero-order valence-corrected chi connectivity index (χ0v) is 16.8. The van der Waals surface area contributed by atoms with Crippen molar-refractivity contribution in [3.05, 3.63) is 41.4 Å². The molecule has 12 heteroatoms. The van der Waals surface area contributed by atoms with Crippen LogP contribution >= 0.6 is 11.6 Å². The number of methoxy groups -OCH3 is 1. The number of halogens is 4. The van der Waals surface area contributed by atoms with Crippen molar-refractivity contribution in [2.45, 2.75) is 17.3 Å². The van der Waals surface area contributed by atoms with Crippen molar-refractivity contribution < 1.29 is 38.9 Å². The lowest BCUT2D eigenvalue weighted by Crippen LogP contribution is -2.28. The van der Waals surface area contributed by atoms with Crippen LogP contribution in [0.2, 0.25) is 5.02 Å². The zero-order chi connectivity index (χ0) is 21.3.